The van der Waals surface area contributed by atoms with E-state index in [1.165, 1.54) is 6.42 Å². The summed E-state index contributed by atoms with van der Waals surface area (Å²) in [7, 11) is -0.969. The quantitative estimate of drug-likeness (QED) is 0.561. The van der Waals surface area contributed by atoms with Crippen molar-refractivity contribution in [2.45, 2.75) is 58.8 Å². The highest BCUT2D eigenvalue weighted by Gasteiger charge is 2.37. The Morgan fingerprint density at radius 2 is 1.55 bits per heavy atom. The molecule has 1 atom stereocenters. The molecule has 0 aliphatic carbocycles. The Bertz CT molecular complexity index is 119. The Hall–Kier alpha value is 0.217. The van der Waals surface area contributed by atoms with Crippen LogP contribution in [-0.2, 0) is 0 Å². The van der Waals surface area contributed by atoms with Crippen LogP contribution in [0.2, 0.25) is 24.7 Å². The van der Waals surface area contributed by atoms with Crippen LogP contribution in [0.3, 0.4) is 0 Å². The van der Waals surface area contributed by atoms with Crippen LogP contribution >= 0.6 is 0 Å². The van der Waals surface area contributed by atoms with Gasteiger partial charge in [-0.2, -0.15) is 0 Å². The summed E-state index contributed by atoms with van der Waals surface area (Å²) in [6.45, 7) is 17.0. The summed E-state index contributed by atoms with van der Waals surface area (Å²) in [6, 6.07) is 0. The van der Waals surface area contributed by atoms with Gasteiger partial charge in [0, 0.05) is 0 Å². The Morgan fingerprint density at radius 3 is 1.64 bits per heavy atom. The second-order valence-electron chi connectivity index (χ2n) is 5.28. The highest BCUT2D eigenvalue weighted by molar-refractivity contribution is 6.79. The highest BCUT2D eigenvalue weighted by Crippen LogP contribution is 2.45. The lowest BCUT2D eigenvalue weighted by Crippen LogP contribution is -2.39. The summed E-state index contributed by atoms with van der Waals surface area (Å²) < 4.78 is 0. The van der Waals surface area contributed by atoms with E-state index in [0.717, 1.165) is 5.92 Å². The van der Waals surface area contributed by atoms with Crippen molar-refractivity contribution in [3.8, 4) is 0 Å². The van der Waals surface area contributed by atoms with Crippen molar-refractivity contribution in [2.75, 3.05) is 0 Å². The van der Waals surface area contributed by atoms with Gasteiger partial charge in [-0.25, -0.2) is 0 Å². The lowest BCUT2D eigenvalue weighted by atomic mass is 9.94. The molecule has 0 saturated carbocycles. The zero-order valence-electron chi connectivity index (χ0n) is 9.28. The van der Waals surface area contributed by atoms with Gasteiger partial charge in [0.25, 0.3) is 0 Å². The van der Waals surface area contributed by atoms with Crippen molar-refractivity contribution in [1.82, 2.24) is 0 Å². The fourth-order valence-corrected chi connectivity index (χ4v) is 2.93. The smallest absolute Gasteiger partial charge is 0.0502 e. The molecule has 0 aliphatic heterocycles. The topological polar surface area (TPSA) is 0 Å². The first-order valence-corrected chi connectivity index (χ1v) is 8.23. The maximum atomic E-state index is 2.47. The first-order chi connectivity index (χ1) is 4.73. The average Bonchev–Trinajstić information content (AvgIpc) is 1.83. The lowest BCUT2D eigenvalue weighted by molar-refractivity contribution is 0.411. The molecule has 0 radical (unpaired) electrons. The summed E-state index contributed by atoms with van der Waals surface area (Å²) in [4.78, 5) is 0. The van der Waals surface area contributed by atoms with Crippen molar-refractivity contribution < 1.29 is 0 Å². The van der Waals surface area contributed by atoms with Crippen LogP contribution in [0.1, 0.15) is 34.1 Å². The molecule has 0 aromatic rings. The number of hydrogen-bond donors (Lipinski definition) is 0. The molecular weight excluding hydrogens is 148 g/mol. The van der Waals surface area contributed by atoms with Crippen molar-refractivity contribution in [3.63, 3.8) is 0 Å². The molecule has 0 fully saturated rings. The van der Waals surface area contributed by atoms with Crippen LogP contribution in [-0.4, -0.2) is 8.07 Å². The second-order valence-corrected chi connectivity index (χ2v) is 11.1. The van der Waals surface area contributed by atoms with E-state index in [9.17, 15) is 0 Å². The van der Waals surface area contributed by atoms with Gasteiger partial charge in [-0.15, -0.1) is 0 Å². The van der Waals surface area contributed by atoms with E-state index in [4.69, 9.17) is 0 Å². The number of hydrogen-bond acceptors (Lipinski definition) is 0. The van der Waals surface area contributed by atoms with E-state index < -0.39 is 8.07 Å². The number of rotatable bonds is 3. The molecule has 0 N–H and O–H groups in total. The third-order valence-corrected chi connectivity index (χ3v) is 8.14. The van der Waals surface area contributed by atoms with Gasteiger partial charge in [0.15, 0.2) is 0 Å². The molecule has 0 saturated heterocycles. The van der Waals surface area contributed by atoms with Crippen LogP contribution in [0.4, 0.5) is 0 Å². The average molecular weight is 172 g/mol. The fraction of sp³-hybridized carbons (Fsp3) is 1.00. The largest absolute Gasteiger partial charge is 0.0692 e. The fourth-order valence-electron chi connectivity index (χ4n) is 1.25. The summed E-state index contributed by atoms with van der Waals surface area (Å²) in [5.41, 5.74) is 0. The zero-order valence-corrected chi connectivity index (χ0v) is 10.3. The Balaban J connectivity index is 4.45. The van der Waals surface area contributed by atoms with Crippen LogP contribution in [0.5, 0.6) is 0 Å². The van der Waals surface area contributed by atoms with E-state index in [2.05, 4.69) is 47.3 Å². The molecular formula is C10H24Si. The van der Waals surface area contributed by atoms with Crippen molar-refractivity contribution in [3.05, 3.63) is 0 Å². The van der Waals surface area contributed by atoms with Gasteiger partial charge in [-0.05, 0) is 11.0 Å². The van der Waals surface area contributed by atoms with E-state index in [-0.39, 0.29) is 0 Å². The van der Waals surface area contributed by atoms with Crippen LogP contribution in [0.25, 0.3) is 0 Å². The van der Waals surface area contributed by atoms with Crippen LogP contribution < -0.4 is 0 Å². The summed E-state index contributed by atoms with van der Waals surface area (Å²) in [6.07, 6.45) is 1.32. The molecule has 0 aromatic carbocycles. The first kappa shape index (κ1) is 11.2. The van der Waals surface area contributed by atoms with E-state index >= 15 is 0 Å². The SMILES string of the molecule is CCC(C)C(C)(C)[Si](C)(C)C. The summed E-state index contributed by atoms with van der Waals surface area (Å²) in [5.74, 6) is 0.870. The predicted molar refractivity (Wildman–Crippen MR) is 56.8 cm³/mol. The molecule has 0 spiro atoms. The van der Waals surface area contributed by atoms with Gasteiger partial charge >= 0.3 is 0 Å². The van der Waals surface area contributed by atoms with Gasteiger partial charge in [0.1, 0.15) is 0 Å². The maximum Gasteiger partial charge on any atom is 0.0502 e. The standard InChI is InChI=1S/C10H24Si/c1-8-9(2)10(3,4)11(5,6)7/h9H,8H2,1-7H3. The monoisotopic (exact) mass is 172 g/mol. The molecule has 1 heteroatoms. The minimum Gasteiger partial charge on any atom is -0.0692 e. The second kappa shape index (κ2) is 3.30. The van der Waals surface area contributed by atoms with Crippen molar-refractivity contribution in [1.29, 1.82) is 0 Å². The molecule has 0 heterocycles. The lowest BCUT2D eigenvalue weighted by Gasteiger charge is -2.42. The Morgan fingerprint density at radius 1 is 1.18 bits per heavy atom. The normalized spacial score (nSPS) is 16.6. The summed E-state index contributed by atoms with van der Waals surface area (Å²) >= 11 is 0. The van der Waals surface area contributed by atoms with Gasteiger partial charge in [-0.3, -0.25) is 0 Å². The van der Waals surface area contributed by atoms with Crippen molar-refractivity contribution in [2.24, 2.45) is 5.92 Å². The molecule has 0 amide bonds. The minimum absolute atomic E-state index is 0.585. The van der Waals surface area contributed by atoms with Gasteiger partial charge < -0.3 is 0 Å². The maximum absolute atomic E-state index is 2.47. The van der Waals surface area contributed by atoms with Gasteiger partial charge in [0.2, 0.25) is 0 Å². The minimum atomic E-state index is -0.969. The summed E-state index contributed by atoms with van der Waals surface area (Å²) in [5, 5.41) is 0.585. The molecule has 0 rings (SSSR count). The first-order valence-electron chi connectivity index (χ1n) is 4.73. The molecule has 0 nitrogen and oxygen atoms in total. The van der Waals surface area contributed by atoms with E-state index in [1.807, 2.05) is 0 Å². The molecule has 11 heavy (non-hydrogen) atoms. The highest BCUT2D eigenvalue weighted by atomic mass is 28.3. The molecule has 0 aliphatic rings. The Kier molecular flexibility index (Phi) is 3.37. The van der Waals surface area contributed by atoms with E-state index in [1.54, 1.807) is 0 Å². The Labute approximate surface area is 73.4 Å². The molecule has 0 aromatic heterocycles. The van der Waals surface area contributed by atoms with Gasteiger partial charge in [-0.1, -0.05) is 53.8 Å². The molecule has 1 unspecified atom stereocenters. The van der Waals surface area contributed by atoms with Crippen molar-refractivity contribution >= 4 is 8.07 Å². The third-order valence-electron chi connectivity index (χ3n) is 3.78. The van der Waals surface area contributed by atoms with E-state index in [0.29, 0.717) is 5.04 Å². The molecule has 68 valence electrons. The predicted octanol–water partition coefficient (Wildman–Crippen LogP) is 4.15. The zero-order chi connectivity index (χ0) is 9.28. The van der Waals surface area contributed by atoms with Crippen LogP contribution in [0.15, 0.2) is 0 Å². The third kappa shape index (κ3) is 2.33. The van der Waals surface area contributed by atoms with Gasteiger partial charge in [0.05, 0.1) is 8.07 Å². The van der Waals surface area contributed by atoms with Crippen LogP contribution in [0, 0.1) is 5.92 Å². The molecule has 0 bridgehead atoms.